The Balaban J connectivity index is 1.56. The van der Waals surface area contributed by atoms with Crippen LogP contribution in [0.15, 0.2) is 33.9 Å². The summed E-state index contributed by atoms with van der Waals surface area (Å²) < 4.78 is 3.36. The Morgan fingerprint density at radius 2 is 1.93 bits per heavy atom. The number of nitrogens with one attached hydrogen (secondary N) is 1. The molecule has 1 N–H and O–H groups in total. The van der Waals surface area contributed by atoms with Crippen LogP contribution in [0.3, 0.4) is 0 Å². The lowest BCUT2D eigenvalue weighted by Gasteiger charge is -2.36. The molecule has 0 amide bonds. The van der Waals surface area contributed by atoms with E-state index < -0.39 is 5.69 Å². The van der Waals surface area contributed by atoms with Crippen molar-refractivity contribution >= 4 is 28.5 Å². The Labute approximate surface area is 173 Å². The lowest BCUT2D eigenvalue weighted by Crippen LogP contribution is -2.46. The molecule has 154 valence electrons. The summed E-state index contributed by atoms with van der Waals surface area (Å²) in [4.78, 5) is 36.1. The van der Waals surface area contributed by atoms with Gasteiger partial charge < -0.3 is 9.47 Å². The average Bonchev–Trinajstić information content (AvgIpc) is 3.06. The first-order valence-corrected chi connectivity index (χ1v) is 10.3. The number of H-pyrrole nitrogens is 1. The second-order valence-electron chi connectivity index (χ2n) is 7.41. The number of hydrogen-bond acceptors (Lipinski definition) is 5. The Morgan fingerprint density at radius 3 is 2.62 bits per heavy atom. The van der Waals surface area contributed by atoms with Crippen LogP contribution in [0.25, 0.3) is 11.2 Å². The molecule has 9 heteroatoms. The second kappa shape index (κ2) is 8.04. The average molecular weight is 417 g/mol. The highest BCUT2D eigenvalue weighted by Crippen LogP contribution is 2.21. The maximum atomic E-state index is 12.4. The zero-order valence-corrected chi connectivity index (χ0v) is 17.4. The first-order valence-electron chi connectivity index (χ1n) is 9.89. The number of imidazole rings is 1. The third-order valence-electron chi connectivity index (χ3n) is 5.44. The number of benzene rings is 1. The Bertz CT molecular complexity index is 1140. The van der Waals surface area contributed by atoms with Gasteiger partial charge in [-0.15, -0.1) is 0 Å². The van der Waals surface area contributed by atoms with E-state index in [9.17, 15) is 9.59 Å². The minimum Gasteiger partial charge on any atom is -0.369 e. The van der Waals surface area contributed by atoms with Crippen LogP contribution in [0.5, 0.6) is 0 Å². The van der Waals surface area contributed by atoms with E-state index >= 15 is 0 Å². The summed E-state index contributed by atoms with van der Waals surface area (Å²) in [6.45, 7) is 6.96. The third-order valence-corrected chi connectivity index (χ3v) is 5.68. The van der Waals surface area contributed by atoms with Gasteiger partial charge in [0.1, 0.15) is 5.82 Å². The fraction of sp³-hybridized carbons (Fsp3) is 0.450. The van der Waals surface area contributed by atoms with Crippen LogP contribution in [0.2, 0.25) is 5.02 Å². The molecule has 0 aliphatic carbocycles. The van der Waals surface area contributed by atoms with E-state index in [1.165, 1.54) is 4.57 Å². The SMILES string of the molecule is CCCn1c(CN2CCN(c3cccc(Cl)c3)CC2)nc2c1c(=O)[nH]c(=O)n2C. The van der Waals surface area contributed by atoms with Gasteiger partial charge in [0.2, 0.25) is 0 Å². The molecule has 1 fully saturated rings. The Kier molecular flexibility index (Phi) is 5.47. The van der Waals surface area contributed by atoms with Crippen molar-refractivity contribution in [3.63, 3.8) is 0 Å². The van der Waals surface area contributed by atoms with Crippen LogP contribution in [-0.4, -0.2) is 50.2 Å². The first-order chi connectivity index (χ1) is 14.0. The van der Waals surface area contributed by atoms with Crippen molar-refractivity contribution in [2.45, 2.75) is 26.4 Å². The Morgan fingerprint density at radius 1 is 1.17 bits per heavy atom. The van der Waals surface area contributed by atoms with Crippen LogP contribution >= 0.6 is 11.6 Å². The molecule has 0 unspecified atom stereocenters. The summed E-state index contributed by atoms with van der Waals surface area (Å²) in [6, 6.07) is 7.92. The summed E-state index contributed by atoms with van der Waals surface area (Å²) in [7, 11) is 1.64. The summed E-state index contributed by atoms with van der Waals surface area (Å²) in [5, 5.41) is 0.744. The smallest absolute Gasteiger partial charge is 0.329 e. The highest BCUT2D eigenvalue weighted by molar-refractivity contribution is 6.30. The predicted octanol–water partition coefficient (Wildman–Crippen LogP) is 1.81. The van der Waals surface area contributed by atoms with Gasteiger partial charge in [-0.2, -0.15) is 0 Å². The first kappa shape index (κ1) is 19.7. The maximum absolute atomic E-state index is 12.4. The van der Waals surface area contributed by atoms with Gasteiger partial charge in [0, 0.05) is 50.5 Å². The number of hydrogen-bond donors (Lipinski definition) is 1. The number of aromatic nitrogens is 4. The summed E-state index contributed by atoms with van der Waals surface area (Å²) in [5.41, 5.74) is 1.24. The van der Waals surface area contributed by atoms with Crippen molar-refractivity contribution in [3.05, 3.63) is 56.0 Å². The topological polar surface area (TPSA) is 79.2 Å². The molecule has 0 saturated carbocycles. The zero-order valence-electron chi connectivity index (χ0n) is 16.7. The lowest BCUT2D eigenvalue weighted by atomic mass is 10.2. The van der Waals surface area contributed by atoms with Crippen molar-refractivity contribution < 1.29 is 0 Å². The van der Waals surface area contributed by atoms with Crippen LogP contribution in [0, 0.1) is 0 Å². The molecule has 1 aliphatic heterocycles. The van der Waals surface area contributed by atoms with Crippen molar-refractivity contribution in [1.82, 2.24) is 24.0 Å². The standard InChI is InChI=1S/C20H25ClN6O2/c1-3-7-27-16(22-18-17(27)19(28)23-20(29)24(18)2)13-25-8-10-26(11-9-25)15-6-4-5-14(21)12-15/h4-6,12H,3,7-11,13H2,1-2H3,(H,23,28,29). The summed E-state index contributed by atoms with van der Waals surface area (Å²) in [5.74, 6) is 0.824. The van der Waals surface area contributed by atoms with Crippen molar-refractivity contribution in [3.8, 4) is 0 Å². The number of halogens is 1. The number of rotatable bonds is 5. The number of piperazine rings is 1. The normalized spacial score (nSPS) is 15.3. The maximum Gasteiger partial charge on any atom is 0.329 e. The Hall–Kier alpha value is -2.58. The second-order valence-corrected chi connectivity index (χ2v) is 7.85. The molecule has 3 aromatic rings. The van der Waals surface area contributed by atoms with Gasteiger partial charge in [0.25, 0.3) is 5.56 Å². The minimum atomic E-state index is -0.440. The molecule has 0 atom stereocenters. The van der Waals surface area contributed by atoms with E-state index in [1.54, 1.807) is 7.05 Å². The summed E-state index contributed by atoms with van der Waals surface area (Å²) >= 11 is 6.12. The molecular formula is C20H25ClN6O2. The fourth-order valence-electron chi connectivity index (χ4n) is 3.90. The minimum absolute atomic E-state index is 0.374. The van der Waals surface area contributed by atoms with E-state index in [2.05, 4.69) is 32.8 Å². The highest BCUT2D eigenvalue weighted by Gasteiger charge is 2.22. The molecule has 2 aromatic heterocycles. The van der Waals surface area contributed by atoms with Crippen molar-refractivity contribution in [1.29, 1.82) is 0 Å². The lowest BCUT2D eigenvalue weighted by molar-refractivity contribution is 0.241. The quantitative estimate of drug-likeness (QED) is 0.686. The monoisotopic (exact) mass is 416 g/mol. The molecule has 0 spiro atoms. The van der Waals surface area contributed by atoms with Gasteiger partial charge in [0.05, 0.1) is 6.54 Å². The van der Waals surface area contributed by atoms with Gasteiger partial charge >= 0.3 is 5.69 Å². The van der Waals surface area contributed by atoms with E-state index in [-0.39, 0.29) is 5.56 Å². The van der Waals surface area contributed by atoms with Crippen molar-refractivity contribution in [2.24, 2.45) is 7.05 Å². The molecule has 0 bridgehead atoms. The zero-order chi connectivity index (χ0) is 20.5. The van der Waals surface area contributed by atoms with Gasteiger partial charge in [-0.05, 0) is 24.6 Å². The number of aromatic amines is 1. The molecule has 1 aliphatic rings. The highest BCUT2D eigenvalue weighted by atomic mass is 35.5. The number of anilines is 1. The van der Waals surface area contributed by atoms with Crippen LogP contribution < -0.4 is 16.1 Å². The van der Waals surface area contributed by atoms with E-state index in [1.807, 2.05) is 22.8 Å². The number of aryl methyl sites for hydroxylation is 2. The summed E-state index contributed by atoms with van der Waals surface area (Å²) in [6.07, 6.45) is 0.878. The molecule has 3 heterocycles. The predicted molar refractivity (Wildman–Crippen MR) is 115 cm³/mol. The van der Waals surface area contributed by atoms with E-state index in [0.717, 1.165) is 49.1 Å². The van der Waals surface area contributed by atoms with Gasteiger partial charge in [-0.3, -0.25) is 19.2 Å². The molecule has 1 saturated heterocycles. The number of fused-ring (bicyclic) bond motifs is 1. The van der Waals surface area contributed by atoms with Gasteiger partial charge in [-0.1, -0.05) is 24.6 Å². The van der Waals surface area contributed by atoms with E-state index in [4.69, 9.17) is 11.6 Å². The van der Waals surface area contributed by atoms with Gasteiger partial charge in [-0.25, -0.2) is 9.78 Å². The van der Waals surface area contributed by atoms with E-state index in [0.29, 0.717) is 24.3 Å². The molecule has 29 heavy (non-hydrogen) atoms. The molecular weight excluding hydrogens is 392 g/mol. The van der Waals surface area contributed by atoms with Crippen molar-refractivity contribution in [2.75, 3.05) is 31.1 Å². The molecule has 4 rings (SSSR count). The largest absolute Gasteiger partial charge is 0.369 e. The van der Waals surface area contributed by atoms with Crippen LogP contribution in [-0.2, 0) is 20.1 Å². The third kappa shape index (κ3) is 3.82. The van der Waals surface area contributed by atoms with Gasteiger partial charge in [0.15, 0.2) is 11.2 Å². The molecule has 1 aromatic carbocycles. The molecule has 0 radical (unpaired) electrons. The number of nitrogens with zero attached hydrogens (tertiary/aromatic N) is 5. The fourth-order valence-corrected chi connectivity index (χ4v) is 4.09. The van der Waals surface area contributed by atoms with Crippen LogP contribution in [0.4, 0.5) is 5.69 Å². The van der Waals surface area contributed by atoms with Crippen LogP contribution in [0.1, 0.15) is 19.2 Å². The molecule has 8 nitrogen and oxygen atoms in total.